The molecule has 0 radical (unpaired) electrons. The molecule has 17 heavy (non-hydrogen) atoms. The van der Waals surface area contributed by atoms with E-state index in [1.165, 1.54) is 12.4 Å². The first-order valence-corrected chi connectivity index (χ1v) is 7.04. The average Bonchev–Trinajstić information content (AvgIpc) is 2.87. The van der Waals surface area contributed by atoms with Crippen LogP contribution in [0.1, 0.15) is 10.4 Å². The summed E-state index contributed by atoms with van der Waals surface area (Å²) in [5.74, 6) is 0. The molecule has 92 valence electrons. The van der Waals surface area contributed by atoms with Gasteiger partial charge in [0.25, 0.3) is 10.0 Å². The number of aryl methyl sites for hydroxylation is 1. The minimum absolute atomic E-state index is 0.155. The second kappa shape index (κ2) is 4.47. The fourth-order valence-corrected chi connectivity index (χ4v) is 3.77. The zero-order valence-corrected chi connectivity index (χ0v) is 10.6. The van der Waals surface area contributed by atoms with Crippen molar-refractivity contribution in [1.29, 1.82) is 0 Å². The number of rotatable bonds is 4. The fraction of sp³-hybridized carbons (Fsp3) is 0.222. The lowest BCUT2D eigenvalue weighted by Gasteiger charge is -2.01. The van der Waals surface area contributed by atoms with E-state index < -0.39 is 10.0 Å². The largest absolute Gasteiger partial charge is 0.391 e. The molecular formula is C9H11N3O3S2. The molecule has 0 unspecified atom stereocenters. The number of hydrogen-bond donors (Lipinski definition) is 3. The molecule has 0 fully saturated rings. The summed E-state index contributed by atoms with van der Waals surface area (Å²) in [5.41, 5.74) is 1.15. The summed E-state index contributed by atoms with van der Waals surface area (Å²) >= 11 is 1.06. The van der Waals surface area contributed by atoms with Gasteiger partial charge in [0.1, 0.15) is 4.21 Å². The van der Waals surface area contributed by atoms with Crippen LogP contribution in [0, 0.1) is 6.92 Å². The Morgan fingerprint density at radius 1 is 1.59 bits per heavy atom. The Morgan fingerprint density at radius 2 is 2.35 bits per heavy atom. The van der Waals surface area contributed by atoms with Crippen molar-refractivity contribution in [2.45, 2.75) is 17.7 Å². The van der Waals surface area contributed by atoms with Crippen LogP contribution in [0.5, 0.6) is 0 Å². The number of sulfonamides is 1. The highest BCUT2D eigenvalue weighted by Crippen LogP contribution is 2.27. The highest BCUT2D eigenvalue weighted by atomic mass is 32.2. The molecule has 0 aliphatic heterocycles. The van der Waals surface area contributed by atoms with Gasteiger partial charge in [0.2, 0.25) is 0 Å². The third-order valence-corrected chi connectivity index (χ3v) is 5.23. The maximum atomic E-state index is 12.0. The lowest BCUT2D eigenvalue weighted by molar-refractivity contribution is 0.285. The van der Waals surface area contributed by atoms with Crippen molar-refractivity contribution in [1.82, 2.24) is 10.2 Å². The van der Waals surface area contributed by atoms with E-state index in [1.807, 2.05) is 0 Å². The molecule has 0 aliphatic rings. The molecule has 3 N–H and O–H groups in total. The summed E-state index contributed by atoms with van der Waals surface area (Å²) in [6, 6.07) is 1.54. The Balaban J connectivity index is 2.31. The second-order valence-electron chi connectivity index (χ2n) is 3.42. The molecule has 0 aromatic carbocycles. The van der Waals surface area contributed by atoms with Crippen molar-refractivity contribution in [3.8, 4) is 0 Å². The molecule has 2 aromatic heterocycles. The maximum absolute atomic E-state index is 12.0. The van der Waals surface area contributed by atoms with E-state index in [9.17, 15) is 8.42 Å². The number of H-pyrrole nitrogens is 1. The van der Waals surface area contributed by atoms with Crippen molar-refractivity contribution in [2.24, 2.45) is 0 Å². The molecule has 8 heteroatoms. The van der Waals surface area contributed by atoms with E-state index in [-0.39, 0.29) is 10.8 Å². The molecule has 0 spiro atoms. The van der Waals surface area contributed by atoms with Gasteiger partial charge in [-0.25, -0.2) is 8.42 Å². The van der Waals surface area contributed by atoms with E-state index in [0.717, 1.165) is 16.9 Å². The van der Waals surface area contributed by atoms with Gasteiger partial charge in [-0.1, -0.05) is 0 Å². The summed E-state index contributed by atoms with van der Waals surface area (Å²) in [7, 11) is -3.60. The summed E-state index contributed by atoms with van der Waals surface area (Å²) in [6.07, 6.45) is 2.83. The lowest BCUT2D eigenvalue weighted by atomic mass is 10.3. The van der Waals surface area contributed by atoms with Gasteiger partial charge in [0, 0.05) is 11.1 Å². The van der Waals surface area contributed by atoms with Crippen molar-refractivity contribution >= 4 is 27.0 Å². The summed E-state index contributed by atoms with van der Waals surface area (Å²) in [5, 5.41) is 15.2. The van der Waals surface area contributed by atoms with Gasteiger partial charge in [-0.2, -0.15) is 5.10 Å². The second-order valence-corrected chi connectivity index (χ2v) is 6.47. The molecule has 0 amide bonds. The Bertz CT molecular complexity index is 601. The predicted octanol–water partition coefficient (Wildman–Crippen LogP) is 1.07. The van der Waals surface area contributed by atoms with Crippen LogP contribution in [0.4, 0.5) is 5.69 Å². The number of aromatic amines is 1. The van der Waals surface area contributed by atoms with Crippen LogP contribution in [0.3, 0.4) is 0 Å². The van der Waals surface area contributed by atoms with E-state index in [1.54, 1.807) is 13.0 Å². The van der Waals surface area contributed by atoms with Crippen LogP contribution in [-0.4, -0.2) is 23.7 Å². The smallest absolute Gasteiger partial charge is 0.271 e. The van der Waals surface area contributed by atoms with Gasteiger partial charge in [-0.15, -0.1) is 11.3 Å². The van der Waals surface area contributed by atoms with Gasteiger partial charge in [-0.05, 0) is 18.6 Å². The molecular weight excluding hydrogens is 262 g/mol. The van der Waals surface area contributed by atoms with E-state index in [0.29, 0.717) is 10.6 Å². The minimum Gasteiger partial charge on any atom is -0.391 e. The minimum atomic E-state index is -3.60. The van der Waals surface area contributed by atoms with E-state index >= 15 is 0 Å². The average molecular weight is 273 g/mol. The molecule has 6 nitrogen and oxygen atoms in total. The molecule has 2 heterocycles. The van der Waals surface area contributed by atoms with Crippen molar-refractivity contribution in [3.63, 3.8) is 0 Å². The Labute approximate surface area is 102 Å². The number of nitrogens with one attached hydrogen (secondary N) is 2. The SMILES string of the molecule is Cc1cc(S(=O)(=O)Nc2cn[nH]c2)sc1CO. The molecule has 0 bridgehead atoms. The third kappa shape index (κ3) is 2.48. The quantitative estimate of drug-likeness (QED) is 0.776. The van der Waals surface area contributed by atoms with Crippen LogP contribution < -0.4 is 4.72 Å². The summed E-state index contributed by atoms with van der Waals surface area (Å²) in [4.78, 5) is 0.651. The normalized spacial score (nSPS) is 11.6. The monoisotopic (exact) mass is 273 g/mol. The zero-order chi connectivity index (χ0) is 12.5. The summed E-state index contributed by atoms with van der Waals surface area (Å²) in [6.45, 7) is 1.61. The number of hydrogen-bond acceptors (Lipinski definition) is 5. The van der Waals surface area contributed by atoms with Gasteiger partial charge in [0.05, 0.1) is 18.5 Å². The number of aliphatic hydroxyl groups is 1. The fourth-order valence-electron chi connectivity index (χ4n) is 1.29. The highest BCUT2D eigenvalue weighted by Gasteiger charge is 2.19. The molecule has 2 rings (SSSR count). The first kappa shape index (κ1) is 12.1. The Morgan fingerprint density at radius 3 is 2.88 bits per heavy atom. The van der Waals surface area contributed by atoms with Crippen molar-refractivity contribution in [3.05, 3.63) is 28.9 Å². The lowest BCUT2D eigenvalue weighted by Crippen LogP contribution is -2.10. The van der Waals surface area contributed by atoms with Gasteiger partial charge < -0.3 is 5.11 Å². The standard InChI is InChI=1S/C9H11N3O3S2/c1-6-2-9(16-8(6)5-13)17(14,15)12-7-3-10-11-4-7/h2-4,12-13H,5H2,1H3,(H,10,11). The van der Waals surface area contributed by atoms with E-state index in [4.69, 9.17) is 5.11 Å². The van der Waals surface area contributed by atoms with Crippen LogP contribution in [0.15, 0.2) is 22.7 Å². The van der Waals surface area contributed by atoms with E-state index in [2.05, 4.69) is 14.9 Å². The van der Waals surface area contributed by atoms with Crippen molar-refractivity contribution in [2.75, 3.05) is 4.72 Å². The summed E-state index contributed by atoms with van der Waals surface area (Å²) < 4.78 is 26.5. The molecule has 0 saturated carbocycles. The predicted molar refractivity (Wildman–Crippen MR) is 64.4 cm³/mol. The maximum Gasteiger partial charge on any atom is 0.271 e. The third-order valence-electron chi connectivity index (χ3n) is 2.16. The number of aliphatic hydroxyl groups excluding tert-OH is 1. The molecule has 2 aromatic rings. The zero-order valence-electron chi connectivity index (χ0n) is 8.97. The highest BCUT2D eigenvalue weighted by molar-refractivity contribution is 7.94. The Kier molecular flexibility index (Phi) is 3.18. The molecule has 0 saturated heterocycles. The van der Waals surface area contributed by atoms with Crippen LogP contribution in [0.25, 0.3) is 0 Å². The number of anilines is 1. The first-order valence-electron chi connectivity index (χ1n) is 4.74. The molecule has 0 aliphatic carbocycles. The van der Waals surface area contributed by atoms with Gasteiger partial charge >= 0.3 is 0 Å². The number of nitrogens with zero attached hydrogens (tertiary/aromatic N) is 1. The van der Waals surface area contributed by atoms with Crippen LogP contribution in [0.2, 0.25) is 0 Å². The first-order chi connectivity index (χ1) is 8.03. The Hall–Kier alpha value is -1.38. The topological polar surface area (TPSA) is 95.1 Å². The van der Waals surface area contributed by atoms with Crippen molar-refractivity contribution < 1.29 is 13.5 Å². The van der Waals surface area contributed by atoms with Crippen LogP contribution in [-0.2, 0) is 16.6 Å². The number of aromatic nitrogens is 2. The van der Waals surface area contributed by atoms with Gasteiger partial charge in [0.15, 0.2) is 0 Å². The number of thiophene rings is 1. The van der Waals surface area contributed by atoms with Gasteiger partial charge in [-0.3, -0.25) is 9.82 Å². The van der Waals surface area contributed by atoms with Crippen LogP contribution >= 0.6 is 11.3 Å². The molecule has 0 atom stereocenters.